The van der Waals surface area contributed by atoms with E-state index in [1.54, 1.807) is 0 Å². The quantitative estimate of drug-likeness (QED) is 0.720. The van der Waals surface area contributed by atoms with Crippen molar-refractivity contribution < 1.29 is 9.90 Å². The highest BCUT2D eigenvalue weighted by Crippen LogP contribution is 2.13. The Kier molecular flexibility index (Phi) is 6.36. The predicted molar refractivity (Wildman–Crippen MR) is 61.5 cm³/mol. The summed E-state index contributed by atoms with van der Waals surface area (Å²) in [6.45, 7) is 6.11. The van der Waals surface area contributed by atoms with Crippen molar-refractivity contribution in [1.29, 1.82) is 0 Å². The maximum Gasteiger partial charge on any atom is 0.233 e. The molecule has 0 heterocycles. The summed E-state index contributed by atoms with van der Waals surface area (Å²) in [6, 6.07) is 0. The molecule has 0 aromatic rings. The number of carbonyl (C=O) groups is 1. The van der Waals surface area contributed by atoms with Gasteiger partial charge in [0.1, 0.15) is 0 Å². The summed E-state index contributed by atoms with van der Waals surface area (Å²) < 4.78 is 0. The van der Waals surface area contributed by atoms with Crippen molar-refractivity contribution in [3.05, 3.63) is 0 Å². The van der Waals surface area contributed by atoms with Crippen molar-refractivity contribution >= 4 is 21.8 Å². The van der Waals surface area contributed by atoms with Gasteiger partial charge >= 0.3 is 0 Å². The molecule has 2 N–H and O–H groups in total. The SMILES string of the molecule is CCC(Br)C(=O)NCC(O)(CC)CC. The molecule has 1 unspecified atom stereocenters. The molecule has 0 fully saturated rings. The van der Waals surface area contributed by atoms with E-state index in [2.05, 4.69) is 21.2 Å². The second-order valence-electron chi connectivity index (χ2n) is 3.53. The summed E-state index contributed by atoms with van der Waals surface area (Å²) in [6.07, 6.45) is 2.06. The molecule has 1 amide bonds. The van der Waals surface area contributed by atoms with Gasteiger partial charge in [0.15, 0.2) is 0 Å². The number of aliphatic hydroxyl groups is 1. The first-order chi connectivity index (χ1) is 6.49. The third-order valence-corrected chi connectivity index (χ3v) is 3.61. The molecule has 0 spiro atoms. The van der Waals surface area contributed by atoms with Crippen LogP contribution in [-0.2, 0) is 4.79 Å². The number of hydrogen-bond donors (Lipinski definition) is 2. The Morgan fingerprint density at radius 3 is 2.29 bits per heavy atom. The minimum atomic E-state index is -0.754. The maximum atomic E-state index is 11.4. The van der Waals surface area contributed by atoms with Gasteiger partial charge in [0.05, 0.1) is 10.4 Å². The molecule has 0 aliphatic rings. The maximum absolute atomic E-state index is 11.4. The van der Waals surface area contributed by atoms with E-state index in [1.807, 2.05) is 20.8 Å². The van der Waals surface area contributed by atoms with Gasteiger partial charge in [0, 0.05) is 6.54 Å². The van der Waals surface area contributed by atoms with E-state index >= 15 is 0 Å². The molecule has 0 rings (SSSR count). The molecule has 0 radical (unpaired) electrons. The Bertz CT molecular complexity index is 181. The number of halogens is 1. The number of alkyl halides is 1. The van der Waals surface area contributed by atoms with E-state index in [4.69, 9.17) is 0 Å². The fourth-order valence-corrected chi connectivity index (χ4v) is 1.21. The standard InChI is InChI=1S/C10H20BrNO2/c1-4-8(11)9(13)12-7-10(14,5-2)6-3/h8,14H,4-7H2,1-3H3,(H,12,13). The first kappa shape index (κ1) is 13.9. The van der Waals surface area contributed by atoms with Gasteiger partial charge in [-0.1, -0.05) is 36.7 Å². The lowest BCUT2D eigenvalue weighted by Gasteiger charge is -2.25. The zero-order valence-corrected chi connectivity index (χ0v) is 10.7. The highest BCUT2D eigenvalue weighted by molar-refractivity contribution is 9.10. The second-order valence-corrected chi connectivity index (χ2v) is 4.63. The molecule has 0 aromatic heterocycles. The van der Waals surface area contributed by atoms with E-state index < -0.39 is 5.60 Å². The average Bonchev–Trinajstić information content (AvgIpc) is 2.24. The Hall–Kier alpha value is -0.0900. The number of carbonyl (C=O) groups excluding carboxylic acids is 1. The molecular weight excluding hydrogens is 246 g/mol. The van der Waals surface area contributed by atoms with Crippen molar-refractivity contribution in [2.24, 2.45) is 0 Å². The van der Waals surface area contributed by atoms with Crippen molar-refractivity contribution in [2.75, 3.05) is 6.54 Å². The second kappa shape index (κ2) is 6.40. The summed E-state index contributed by atoms with van der Waals surface area (Å²) in [5.41, 5.74) is -0.754. The van der Waals surface area contributed by atoms with Crippen molar-refractivity contribution in [3.8, 4) is 0 Å². The lowest BCUT2D eigenvalue weighted by Crippen LogP contribution is -2.44. The Labute approximate surface area is 94.4 Å². The molecular formula is C10H20BrNO2. The van der Waals surface area contributed by atoms with Crippen LogP contribution in [-0.4, -0.2) is 28.0 Å². The van der Waals surface area contributed by atoms with Crippen LogP contribution in [0.3, 0.4) is 0 Å². The van der Waals surface area contributed by atoms with E-state index in [0.29, 0.717) is 19.4 Å². The summed E-state index contributed by atoms with van der Waals surface area (Å²) in [7, 11) is 0. The first-order valence-corrected chi connectivity index (χ1v) is 6.04. The van der Waals surface area contributed by atoms with E-state index in [-0.39, 0.29) is 10.7 Å². The van der Waals surface area contributed by atoms with Gasteiger partial charge in [-0.2, -0.15) is 0 Å². The molecule has 4 heteroatoms. The van der Waals surface area contributed by atoms with E-state index in [9.17, 15) is 9.90 Å². The number of nitrogens with one attached hydrogen (secondary N) is 1. The average molecular weight is 266 g/mol. The van der Waals surface area contributed by atoms with Gasteiger partial charge in [0.25, 0.3) is 0 Å². The van der Waals surface area contributed by atoms with Crippen molar-refractivity contribution in [3.63, 3.8) is 0 Å². The molecule has 3 nitrogen and oxygen atoms in total. The van der Waals surface area contributed by atoms with Gasteiger partial charge in [-0.05, 0) is 19.3 Å². The predicted octanol–water partition coefficient (Wildman–Crippen LogP) is 1.83. The number of rotatable bonds is 6. The Morgan fingerprint density at radius 1 is 1.43 bits per heavy atom. The largest absolute Gasteiger partial charge is 0.388 e. The molecule has 84 valence electrons. The number of amides is 1. The van der Waals surface area contributed by atoms with Crippen LogP contribution >= 0.6 is 15.9 Å². The van der Waals surface area contributed by atoms with Crippen LogP contribution in [0.15, 0.2) is 0 Å². The topological polar surface area (TPSA) is 49.3 Å². The Balaban J connectivity index is 3.98. The first-order valence-electron chi connectivity index (χ1n) is 5.13. The van der Waals surface area contributed by atoms with Gasteiger partial charge in [-0.3, -0.25) is 4.79 Å². The van der Waals surface area contributed by atoms with Gasteiger partial charge in [-0.25, -0.2) is 0 Å². The summed E-state index contributed by atoms with van der Waals surface area (Å²) in [5, 5.41) is 12.6. The van der Waals surface area contributed by atoms with E-state index in [1.165, 1.54) is 0 Å². The minimum absolute atomic E-state index is 0.0483. The van der Waals surface area contributed by atoms with Crippen LogP contribution in [0.4, 0.5) is 0 Å². The highest BCUT2D eigenvalue weighted by atomic mass is 79.9. The molecule has 0 aromatic carbocycles. The summed E-state index contributed by atoms with van der Waals surface area (Å²) >= 11 is 3.26. The molecule has 0 aliphatic carbocycles. The zero-order chi connectivity index (χ0) is 11.2. The molecule has 0 aliphatic heterocycles. The molecule has 0 saturated heterocycles. The number of hydrogen-bond acceptors (Lipinski definition) is 2. The van der Waals surface area contributed by atoms with E-state index in [0.717, 1.165) is 6.42 Å². The molecule has 0 bridgehead atoms. The molecule has 0 saturated carbocycles. The highest BCUT2D eigenvalue weighted by Gasteiger charge is 2.23. The smallest absolute Gasteiger partial charge is 0.233 e. The fourth-order valence-electron chi connectivity index (χ4n) is 1.05. The monoisotopic (exact) mass is 265 g/mol. The van der Waals surface area contributed by atoms with Crippen LogP contribution in [0, 0.1) is 0 Å². The van der Waals surface area contributed by atoms with Crippen LogP contribution in [0.2, 0.25) is 0 Å². The molecule has 1 atom stereocenters. The third kappa shape index (κ3) is 4.42. The van der Waals surface area contributed by atoms with Crippen molar-refractivity contribution in [1.82, 2.24) is 5.32 Å². The van der Waals surface area contributed by atoms with Crippen LogP contribution in [0.25, 0.3) is 0 Å². The van der Waals surface area contributed by atoms with Crippen LogP contribution in [0.1, 0.15) is 40.0 Å². The lowest BCUT2D eigenvalue weighted by molar-refractivity contribution is -0.121. The fraction of sp³-hybridized carbons (Fsp3) is 0.900. The lowest BCUT2D eigenvalue weighted by atomic mass is 9.97. The summed E-state index contributed by atoms with van der Waals surface area (Å²) in [5.74, 6) is -0.0483. The van der Waals surface area contributed by atoms with Gasteiger partial charge in [-0.15, -0.1) is 0 Å². The van der Waals surface area contributed by atoms with Gasteiger partial charge in [0.2, 0.25) is 5.91 Å². The zero-order valence-electron chi connectivity index (χ0n) is 9.14. The van der Waals surface area contributed by atoms with Crippen LogP contribution in [0.5, 0.6) is 0 Å². The normalized spacial score (nSPS) is 13.8. The van der Waals surface area contributed by atoms with Gasteiger partial charge < -0.3 is 10.4 Å². The Morgan fingerprint density at radius 2 is 1.93 bits per heavy atom. The molecule has 14 heavy (non-hydrogen) atoms. The minimum Gasteiger partial charge on any atom is -0.388 e. The van der Waals surface area contributed by atoms with Crippen LogP contribution < -0.4 is 5.32 Å². The van der Waals surface area contributed by atoms with Crippen molar-refractivity contribution in [2.45, 2.75) is 50.5 Å². The summed E-state index contributed by atoms with van der Waals surface area (Å²) in [4.78, 5) is 11.2. The third-order valence-electron chi connectivity index (χ3n) is 2.55.